The van der Waals surface area contributed by atoms with Gasteiger partial charge in [0.15, 0.2) is 0 Å². The molecule has 0 spiro atoms. The topological polar surface area (TPSA) is 39.2 Å². The first-order valence-electron chi connectivity index (χ1n) is 4.38. The van der Waals surface area contributed by atoms with E-state index in [-0.39, 0.29) is 12.4 Å². The lowest BCUT2D eigenvalue weighted by Crippen LogP contribution is -1.96. The predicted octanol–water partition coefficient (Wildman–Crippen LogP) is 1.97. The number of pyridine rings is 1. The molecule has 0 atom stereocenters. The van der Waals surface area contributed by atoms with Crippen molar-refractivity contribution in [3.63, 3.8) is 0 Å². The zero-order valence-corrected chi connectivity index (χ0v) is 8.36. The van der Waals surface area contributed by atoms with Gasteiger partial charge in [-0.25, -0.2) is 0 Å². The molecule has 0 fully saturated rings. The van der Waals surface area contributed by atoms with E-state index in [9.17, 15) is 4.79 Å². The van der Waals surface area contributed by atoms with Crippen molar-refractivity contribution in [2.45, 2.75) is 13.3 Å². The molecule has 0 radical (unpaired) electrons. The highest BCUT2D eigenvalue weighted by molar-refractivity contribution is 5.72. The highest BCUT2D eigenvalue weighted by Crippen LogP contribution is 2.01. The van der Waals surface area contributed by atoms with E-state index in [1.165, 1.54) is 7.11 Å². The average Bonchev–Trinajstić information content (AvgIpc) is 2.21. The van der Waals surface area contributed by atoms with Gasteiger partial charge in [0, 0.05) is 6.20 Å². The Labute approximate surface area is 83.4 Å². The highest BCUT2D eigenvalue weighted by atomic mass is 16.5. The molecule has 1 rings (SSSR count). The van der Waals surface area contributed by atoms with Crippen LogP contribution in [0.4, 0.5) is 0 Å². The van der Waals surface area contributed by atoms with E-state index in [1.54, 1.807) is 18.3 Å². The van der Waals surface area contributed by atoms with Crippen LogP contribution in [0.25, 0.3) is 6.08 Å². The van der Waals surface area contributed by atoms with Crippen LogP contribution in [0.3, 0.4) is 0 Å². The van der Waals surface area contributed by atoms with Crippen molar-refractivity contribution in [1.29, 1.82) is 0 Å². The van der Waals surface area contributed by atoms with Gasteiger partial charge in [0.2, 0.25) is 0 Å². The first kappa shape index (κ1) is 10.4. The maximum Gasteiger partial charge on any atom is 0.309 e. The van der Waals surface area contributed by atoms with Gasteiger partial charge in [-0.1, -0.05) is 12.1 Å². The second kappa shape index (κ2) is 5.17. The van der Waals surface area contributed by atoms with E-state index in [2.05, 4.69) is 9.72 Å². The molecule has 0 unspecified atom stereocenters. The SMILES string of the molecule is COC(=O)CC=Cc1ccc(C)cn1. The maximum atomic E-state index is 10.8. The van der Waals surface area contributed by atoms with Crippen molar-refractivity contribution < 1.29 is 9.53 Å². The Kier molecular flexibility index (Phi) is 3.85. The molecule has 0 saturated carbocycles. The first-order valence-corrected chi connectivity index (χ1v) is 4.38. The summed E-state index contributed by atoms with van der Waals surface area (Å²) in [5.74, 6) is -0.242. The summed E-state index contributed by atoms with van der Waals surface area (Å²) in [5, 5.41) is 0. The van der Waals surface area contributed by atoms with Crippen LogP contribution in [0.1, 0.15) is 17.7 Å². The number of hydrogen-bond donors (Lipinski definition) is 0. The molecule has 0 amide bonds. The summed E-state index contributed by atoms with van der Waals surface area (Å²) in [4.78, 5) is 14.9. The van der Waals surface area contributed by atoms with E-state index in [1.807, 2.05) is 19.1 Å². The van der Waals surface area contributed by atoms with Crippen molar-refractivity contribution in [3.05, 3.63) is 35.7 Å². The molecule has 0 saturated heterocycles. The second-order valence-corrected chi connectivity index (χ2v) is 2.94. The summed E-state index contributed by atoms with van der Waals surface area (Å²) in [7, 11) is 1.38. The van der Waals surface area contributed by atoms with Crippen molar-refractivity contribution in [3.8, 4) is 0 Å². The van der Waals surface area contributed by atoms with Crippen LogP contribution in [0, 0.1) is 6.92 Å². The molecule has 0 aromatic carbocycles. The quantitative estimate of drug-likeness (QED) is 0.685. The van der Waals surface area contributed by atoms with Crippen LogP contribution in [0.2, 0.25) is 0 Å². The van der Waals surface area contributed by atoms with E-state index in [0.717, 1.165) is 11.3 Å². The number of ether oxygens (including phenoxy) is 1. The zero-order chi connectivity index (χ0) is 10.4. The highest BCUT2D eigenvalue weighted by Gasteiger charge is 1.94. The third-order valence-electron chi connectivity index (χ3n) is 1.74. The minimum atomic E-state index is -0.242. The summed E-state index contributed by atoms with van der Waals surface area (Å²) in [6.45, 7) is 1.98. The van der Waals surface area contributed by atoms with E-state index >= 15 is 0 Å². The molecule has 3 heteroatoms. The fraction of sp³-hybridized carbons (Fsp3) is 0.273. The van der Waals surface area contributed by atoms with Crippen LogP contribution in [-0.2, 0) is 9.53 Å². The summed E-state index contributed by atoms with van der Waals surface area (Å²) >= 11 is 0. The molecule has 0 aliphatic heterocycles. The molecule has 3 nitrogen and oxygen atoms in total. The Bertz CT molecular complexity index is 328. The third-order valence-corrected chi connectivity index (χ3v) is 1.74. The van der Waals surface area contributed by atoms with Gasteiger partial charge in [0.25, 0.3) is 0 Å². The molecule has 0 aliphatic carbocycles. The number of rotatable bonds is 3. The molecule has 0 bridgehead atoms. The molecule has 74 valence electrons. The van der Waals surface area contributed by atoms with Crippen LogP contribution in [-0.4, -0.2) is 18.1 Å². The average molecular weight is 191 g/mol. The summed E-state index contributed by atoms with van der Waals surface area (Å²) < 4.78 is 4.50. The Morgan fingerprint density at radius 1 is 1.57 bits per heavy atom. The number of aromatic nitrogens is 1. The van der Waals surface area contributed by atoms with E-state index in [4.69, 9.17) is 0 Å². The van der Waals surface area contributed by atoms with Crippen molar-refractivity contribution in [2.24, 2.45) is 0 Å². The van der Waals surface area contributed by atoms with Crippen LogP contribution < -0.4 is 0 Å². The molecular formula is C11H13NO2. The number of carbonyl (C=O) groups is 1. The normalized spacial score (nSPS) is 10.4. The Hall–Kier alpha value is -1.64. The number of nitrogens with zero attached hydrogens (tertiary/aromatic N) is 1. The van der Waals surface area contributed by atoms with Crippen LogP contribution >= 0.6 is 0 Å². The lowest BCUT2D eigenvalue weighted by atomic mass is 10.2. The smallest absolute Gasteiger partial charge is 0.309 e. The monoisotopic (exact) mass is 191 g/mol. The largest absolute Gasteiger partial charge is 0.469 e. The molecule has 14 heavy (non-hydrogen) atoms. The van der Waals surface area contributed by atoms with E-state index < -0.39 is 0 Å². The predicted molar refractivity (Wildman–Crippen MR) is 54.6 cm³/mol. The zero-order valence-electron chi connectivity index (χ0n) is 8.36. The number of aryl methyl sites for hydroxylation is 1. The maximum absolute atomic E-state index is 10.8. The summed E-state index contributed by atoms with van der Waals surface area (Å²) in [5.41, 5.74) is 1.97. The molecular weight excluding hydrogens is 178 g/mol. The first-order chi connectivity index (χ1) is 6.72. The minimum Gasteiger partial charge on any atom is -0.469 e. The van der Waals surface area contributed by atoms with Gasteiger partial charge < -0.3 is 4.74 Å². The fourth-order valence-corrected chi connectivity index (χ4v) is 0.937. The van der Waals surface area contributed by atoms with Crippen molar-refractivity contribution in [2.75, 3.05) is 7.11 Å². The number of esters is 1. The second-order valence-electron chi connectivity index (χ2n) is 2.94. The van der Waals surface area contributed by atoms with Crippen LogP contribution in [0.15, 0.2) is 24.4 Å². The number of carbonyl (C=O) groups excluding carboxylic acids is 1. The van der Waals surface area contributed by atoms with Crippen molar-refractivity contribution in [1.82, 2.24) is 4.98 Å². The van der Waals surface area contributed by atoms with Gasteiger partial charge in [-0.05, 0) is 24.6 Å². The van der Waals surface area contributed by atoms with E-state index in [0.29, 0.717) is 0 Å². The number of methoxy groups -OCH3 is 1. The van der Waals surface area contributed by atoms with Gasteiger partial charge in [0.05, 0.1) is 19.2 Å². The van der Waals surface area contributed by atoms with Gasteiger partial charge >= 0.3 is 5.97 Å². The van der Waals surface area contributed by atoms with Crippen molar-refractivity contribution >= 4 is 12.0 Å². The van der Waals surface area contributed by atoms with Gasteiger partial charge in [-0.2, -0.15) is 0 Å². The molecule has 1 aromatic heterocycles. The molecule has 0 N–H and O–H groups in total. The standard InChI is InChI=1S/C11H13NO2/c1-9-6-7-10(12-8-9)4-3-5-11(13)14-2/h3-4,6-8H,5H2,1-2H3. The third kappa shape index (κ3) is 3.39. The van der Waals surface area contributed by atoms with Crippen LogP contribution in [0.5, 0.6) is 0 Å². The minimum absolute atomic E-state index is 0.242. The fourth-order valence-electron chi connectivity index (χ4n) is 0.937. The lowest BCUT2D eigenvalue weighted by Gasteiger charge is -1.94. The lowest BCUT2D eigenvalue weighted by molar-refractivity contribution is -0.139. The summed E-state index contributed by atoms with van der Waals surface area (Å²) in [6, 6.07) is 3.88. The molecule has 0 aliphatic rings. The molecule has 1 aromatic rings. The van der Waals surface area contributed by atoms with Gasteiger partial charge in [0.1, 0.15) is 0 Å². The number of hydrogen-bond acceptors (Lipinski definition) is 3. The Morgan fingerprint density at radius 2 is 2.36 bits per heavy atom. The molecule has 1 heterocycles. The van der Waals surface area contributed by atoms with Gasteiger partial charge in [-0.3, -0.25) is 9.78 Å². The summed E-state index contributed by atoms with van der Waals surface area (Å²) in [6.07, 6.45) is 5.61. The Balaban J connectivity index is 2.52. The Morgan fingerprint density at radius 3 is 2.93 bits per heavy atom. The van der Waals surface area contributed by atoms with Gasteiger partial charge in [-0.15, -0.1) is 0 Å².